The number of hydrogen-bond donors (Lipinski definition) is 1. The molecule has 3 rings (SSSR count). The van der Waals surface area contributed by atoms with Gasteiger partial charge in [0, 0.05) is 9.85 Å². The molecule has 0 unspecified atom stereocenters. The standard InChI is InChI=1S/C11H8BrN3S/c12-8-3-1-7(2-4-8)9-6-16-10-5-14-11(13)15(9)10/h1-6H,(H2,13,14). The van der Waals surface area contributed by atoms with Crippen LogP contribution in [0.4, 0.5) is 5.95 Å². The predicted octanol–water partition coefficient (Wildman–Crippen LogP) is 3.41. The second-order valence-corrected chi connectivity index (χ2v) is 5.22. The number of anilines is 1. The Hall–Kier alpha value is -1.33. The third-order valence-corrected chi connectivity index (χ3v) is 3.83. The number of nitrogen functional groups attached to an aromatic ring is 1. The second kappa shape index (κ2) is 3.61. The summed E-state index contributed by atoms with van der Waals surface area (Å²) >= 11 is 5.07. The first-order valence-corrected chi connectivity index (χ1v) is 6.39. The molecule has 16 heavy (non-hydrogen) atoms. The van der Waals surface area contributed by atoms with Gasteiger partial charge >= 0.3 is 0 Å². The molecule has 0 aliphatic heterocycles. The summed E-state index contributed by atoms with van der Waals surface area (Å²) in [6.45, 7) is 0. The Bertz CT molecular complexity index is 639. The lowest BCUT2D eigenvalue weighted by atomic mass is 10.2. The number of fused-ring (bicyclic) bond motifs is 1. The minimum absolute atomic E-state index is 0.536. The Labute approximate surface area is 105 Å². The number of hydrogen-bond acceptors (Lipinski definition) is 3. The van der Waals surface area contributed by atoms with Crippen molar-refractivity contribution in [2.75, 3.05) is 5.73 Å². The van der Waals surface area contributed by atoms with Gasteiger partial charge in [-0.3, -0.25) is 4.40 Å². The second-order valence-electron chi connectivity index (χ2n) is 3.42. The van der Waals surface area contributed by atoms with E-state index in [4.69, 9.17) is 5.73 Å². The summed E-state index contributed by atoms with van der Waals surface area (Å²) in [5, 5.41) is 2.09. The Morgan fingerprint density at radius 2 is 2.00 bits per heavy atom. The van der Waals surface area contributed by atoms with E-state index in [1.165, 1.54) is 0 Å². The minimum Gasteiger partial charge on any atom is -0.369 e. The molecule has 80 valence electrons. The first-order valence-electron chi connectivity index (χ1n) is 4.72. The van der Waals surface area contributed by atoms with Gasteiger partial charge < -0.3 is 5.73 Å². The van der Waals surface area contributed by atoms with E-state index in [-0.39, 0.29) is 0 Å². The molecule has 0 spiro atoms. The van der Waals surface area contributed by atoms with Crippen molar-refractivity contribution >= 4 is 38.0 Å². The van der Waals surface area contributed by atoms with E-state index in [9.17, 15) is 0 Å². The predicted molar refractivity (Wildman–Crippen MR) is 70.6 cm³/mol. The number of rotatable bonds is 1. The molecule has 0 atom stereocenters. The molecule has 0 aliphatic carbocycles. The van der Waals surface area contributed by atoms with Crippen LogP contribution in [0.5, 0.6) is 0 Å². The van der Waals surface area contributed by atoms with Crippen LogP contribution in [0, 0.1) is 0 Å². The molecule has 2 heterocycles. The third kappa shape index (κ3) is 1.44. The topological polar surface area (TPSA) is 43.3 Å². The van der Waals surface area contributed by atoms with Gasteiger partial charge in [-0.2, -0.15) is 0 Å². The quantitative estimate of drug-likeness (QED) is 0.747. The Balaban J connectivity index is 2.25. The molecule has 5 heteroatoms. The van der Waals surface area contributed by atoms with Gasteiger partial charge in [0.05, 0.1) is 11.9 Å². The fraction of sp³-hybridized carbons (Fsp3) is 0. The summed E-state index contributed by atoms with van der Waals surface area (Å²) in [5.74, 6) is 0.536. The van der Waals surface area contributed by atoms with Crippen molar-refractivity contribution in [3.8, 4) is 11.3 Å². The smallest absolute Gasteiger partial charge is 0.206 e. The summed E-state index contributed by atoms with van der Waals surface area (Å²) < 4.78 is 3.04. The normalized spacial score (nSPS) is 11.1. The monoisotopic (exact) mass is 293 g/mol. The van der Waals surface area contributed by atoms with Crippen molar-refractivity contribution in [1.29, 1.82) is 0 Å². The van der Waals surface area contributed by atoms with E-state index in [2.05, 4.69) is 38.4 Å². The summed E-state index contributed by atoms with van der Waals surface area (Å²) in [5.41, 5.74) is 8.06. The number of nitrogens with zero attached hydrogens (tertiary/aromatic N) is 2. The zero-order valence-corrected chi connectivity index (χ0v) is 10.6. The summed E-state index contributed by atoms with van der Waals surface area (Å²) in [6.07, 6.45) is 1.79. The summed E-state index contributed by atoms with van der Waals surface area (Å²) in [7, 11) is 0. The zero-order valence-electron chi connectivity index (χ0n) is 8.22. The zero-order chi connectivity index (χ0) is 11.1. The largest absolute Gasteiger partial charge is 0.369 e. The van der Waals surface area contributed by atoms with Crippen LogP contribution in [-0.4, -0.2) is 9.38 Å². The molecule has 0 saturated carbocycles. The van der Waals surface area contributed by atoms with Gasteiger partial charge in [-0.05, 0) is 17.7 Å². The highest BCUT2D eigenvalue weighted by Gasteiger charge is 2.09. The molecule has 3 nitrogen and oxygen atoms in total. The molecule has 0 radical (unpaired) electrons. The van der Waals surface area contributed by atoms with Crippen LogP contribution in [0.1, 0.15) is 0 Å². The molecule has 2 N–H and O–H groups in total. The van der Waals surface area contributed by atoms with Crippen molar-refractivity contribution in [3.63, 3.8) is 0 Å². The van der Waals surface area contributed by atoms with Crippen molar-refractivity contribution < 1.29 is 0 Å². The number of nitrogens with two attached hydrogens (primary N) is 1. The van der Waals surface area contributed by atoms with Crippen molar-refractivity contribution in [2.45, 2.75) is 0 Å². The summed E-state index contributed by atoms with van der Waals surface area (Å²) in [6, 6.07) is 8.16. The molecule has 1 aromatic carbocycles. The number of imidazole rings is 1. The Morgan fingerprint density at radius 3 is 2.75 bits per heavy atom. The highest BCUT2D eigenvalue weighted by Crippen LogP contribution is 2.29. The fourth-order valence-corrected chi connectivity index (χ4v) is 2.81. The maximum absolute atomic E-state index is 5.84. The molecule has 0 saturated heterocycles. The fourth-order valence-electron chi connectivity index (χ4n) is 1.66. The van der Waals surface area contributed by atoms with Crippen LogP contribution >= 0.6 is 27.3 Å². The number of benzene rings is 1. The summed E-state index contributed by atoms with van der Waals surface area (Å²) in [4.78, 5) is 5.17. The van der Waals surface area contributed by atoms with E-state index in [0.29, 0.717) is 5.95 Å². The van der Waals surface area contributed by atoms with E-state index in [1.807, 2.05) is 16.5 Å². The number of aromatic nitrogens is 2. The van der Waals surface area contributed by atoms with Gasteiger partial charge in [0.15, 0.2) is 0 Å². The highest BCUT2D eigenvalue weighted by atomic mass is 79.9. The highest BCUT2D eigenvalue weighted by molar-refractivity contribution is 9.10. The average molecular weight is 294 g/mol. The van der Waals surface area contributed by atoms with Gasteiger partial charge in [-0.15, -0.1) is 11.3 Å². The molecule has 0 fully saturated rings. The third-order valence-electron chi connectivity index (χ3n) is 2.43. The lowest BCUT2D eigenvalue weighted by Gasteiger charge is -2.01. The molecule has 3 aromatic rings. The molecular formula is C11H8BrN3S. The Morgan fingerprint density at radius 1 is 1.25 bits per heavy atom. The average Bonchev–Trinajstić information content (AvgIpc) is 2.84. The van der Waals surface area contributed by atoms with E-state index < -0.39 is 0 Å². The van der Waals surface area contributed by atoms with E-state index in [0.717, 1.165) is 20.6 Å². The van der Waals surface area contributed by atoms with Crippen molar-refractivity contribution in [1.82, 2.24) is 9.38 Å². The molecule has 2 aromatic heterocycles. The van der Waals surface area contributed by atoms with Crippen LogP contribution in [-0.2, 0) is 0 Å². The van der Waals surface area contributed by atoms with Gasteiger partial charge in [0.25, 0.3) is 0 Å². The SMILES string of the molecule is Nc1ncc2scc(-c3ccc(Br)cc3)n12. The molecular weight excluding hydrogens is 286 g/mol. The lowest BCUT2D eigenvalue weighted by molar-refractivity contribution is 1.20. The van der Waals surface area contributed by atoms with E-state index in [1.54, 1.807) is 17.5 Å². The van der Waals surface area contributed by atoms with Crippen LogP contribution in [0.3, 0.4) is 0 Å². The van der Waals surface area contributed by atoms with Crippen molar-refractivity contribution in [3.05, 3.63) is 40.3 Å². The first-order chi connectivity index (χ1) is 7.75. The maximum atomic E-state index is 5.84. The molecule has 0 bridgehead atoms. The molecule has 0 amide bonds. The first kappa shape index (κ1) is 9.86. The van der Waals surface area contributed by atoms with Gasteiger partial charge in [0.2, 0.25) is 5.95 Å². The van der Waals surface area contributed by atoms with Gasteiger partial charge in [0.1, 0.15) is 4.83 Å². The van der Waals surface area contributed by atoms with Crippen LogP contribution in [0.25, 0.3) is 16.1 Å². The van der Waals surface area contributed by atoms with Gasteiger partial charge in [-0.25, -0.2) is 4.98 Å². The molecule has 0 aliphatic rings. The maximum Gasteiger partial charge on any atom is 0.206 e. The van der Waals surface area contributed by atoms with Crippen LogP contribution < -0.4 is 5.73 Å². The lowest BCUT2D eigenvalue weighted by Crippen LogP contribution is -1.94. The van der Waals surface area contributed by atoms with Crippen LogP contribution in [0.15, 0.2) is 40.3 Å². The minimum atomic E-state index is 0.536. The van der Waals surface area contributed by atoms with Crippen molar-refractivity contribution in [2.24, 2.45) is 0 Å². The van der Waals surface area contributed by atoms with Gasteiger partial charge in [-0.1, -0.05) is 28.1 Å². The number of halogens is 1. The number of thiazole rings is 1. The van der Waals surface area contributed by atoms with Crippen LogP contribution in [0.2, 0.25) is 0 Å². The Kier molecular flexibility index (Phi) is 2.22. The van der Waals surface area contributed by atoms with E-state index >= 15 is 0 Å².